The minimum Gasteiger partial charge on any atom is -0.480 e. The van der Waals surface area contributed by atoms with Crippen LogP contribution >= 0.6 is 11.3 Å². The zero-order valence-corrected chi connectivity index (χ0v) is 11.2. The summed E-state index contributed by atoms with van der Waals surface area (Å²) in [5, 5.41) is 20.3. The standard InChI is InChI=1S/C12H11N5O2S/c18-11(19)7-17-6-8(15-16-17)5-13-12-14-9-3-1-2-4-10(9)20-12/h1-4,6H,5,7H2,(H,13,14)(H,18,19). The fourth-order valence-corrected chi connectivity index (χ4v) is 2.61. The van der Waals surface area contributed by atoms with E-state index >= 15 is 0 Å². The van der Waals surface area contributed by atoms with Gasteiger partial charge < -0.3 is 10.4 Å². The Balaban J connectivity index is 1.66. The van der Waals surface area contributed by atoms with Crippen molar-refractivity contribution in [3.8, 4) is 0 Å². The summed E-state index contributed by atoms with van der Waals surface area (Å²) >= 11 is 1.56. The van der Waals surface area contributed by atoms with Crippen molar-refractivity contribution in [3.05, 3.63) is 36.2 Å². The first-order valence-corrected chi connectivity index (χ1v) is 6.72. The van der Waals surface area contributed by atoms with Gasteiger partial charge in [0.15, 0.2) is 5.13 Å². The van der Waals surface area contributed by atoms with Gasteiger partial charge in [-0.15, -0.1) is 5.10 Å². The van der Waals surface area contributed by atoms with Gasteiger partial charge >= 0.3 is 5.97 Å². The van der Waals surface area contributed by atoms with E-state index < -0.39 is 5.97 Å². The average Bonchev–Trinajstić information content (AvgIpc) is 3.01. The second-order valence-electron chi connectivity index (χ2n) is 4.14. The first-order valence-electron chi connectivity index (χ1n) is 5.91. The molecule has 8 heteroatoms. The van der Waals surface area contributed by atoms with Gasteiger partial charge in [-0.05, 0) is 12.1 Å². The number of carbonyl (C=O) groups is 1. The van der Waals surface area contributed by atoms with Gasteiger partial charge in [0, 0.05) is 0 Å². The molecule has 2 heterocycles. The van der Waals surface area contributed by atoms with E-state index in [4.69, 9.17) is 5.11 Å². The molecule has 0 aliphatic rings. The Morgan fingerprint density at radius 2 is 2.25 bits per heavy atom. The summed E-state index contributed by atoms with van der Waals surface area (Å²) in [7, 11) is 0. The number of nitrogens with zero attached hydrogens (tertiary/aromatic N) is 4. The number of fused-ring (bicyclic) bond motifs is 1. The molecule has 0 atom stereocenters. The van der Waals surface area contributed by atoms with Gasteiger partial charge in [-0.2, -0.15) is 0 Å². The van der Waals surface area contributed by atoms with Gasteiger partial charge in [0.2, 0.25) is 0 Å². The maximum absolute atomic E-state index is 10.5. The number of thiazole rings is 1. The molecule has 2 N–H and O–H groups in total. The molecule has 102 valence electrons. The lowest BCUT2D eigenvalue weighted by Gasteiger charge is -1.97. The highest BCUT2D eigenvalue weighted by Crippen LogP contribution is 2.25. The number of hydrogen-bond acceptors (Lipinski definition) is 6. The zero-order valence-electron chi connectivity index (χ0n) is 10.4. The molecular weight excluding hydrogens is 278 g/mol. The van der Waals surface area contributed by atoms with Crippen LogP contribution in [0.3, 0.4) is 0 Å². The van der Waals surface area contributed by atoms with Gasteiger partial charge in [-0.25, -0.2) is 9.67 Å². The molecule has 2 aromatic heterocycles. The maximum atomic E-state index is 10.5. The monoisotopic (exact) mass is 289 g/mol. The van der Waals surface area contributed by atoms with Gasteiger partial charge in [-0.1, -0.05) is 28.7 Å². The van der Waals surface area contributed by atoms with Crippen LogP contribution in [0.4, 0.5) is 5.13 Å². The molecule has 7 nitrogen and oxygen atoms in total. The highest BCUT2D eigenvalue weighted by molar-refractivity contribution is 7.22. The van der Waals surface area contributed by atoms with Crippen LogP contribution in [-0.4, -0.2) is 31.1 Å². The Bertz CT molecular complexity index is 718. The molecule has 0 amide bonds. The number of nitrogens with one attached hydrogen (secondary N) is 1. The molecule has 0 saturated carbocycles. The van der Waals surface area contributed by atoms with Gasteiger partial charge in [0.1, 0.15) is 12.2 Å². The maximum Gasteiger partial charge on any atom is 0.325 e. The van der Waals surface area contributed by atoms with Crippen LogP contribution in [0, 0.1) is 0 Å². The van der Waals surface area contributed by atoms with E-state index in [2.05, 4.69) is 20.6 Å². The summed E-state index contributed by atoms with van der Waals surface area (Å²) in [4.78, 5) is 15.0. The molecular formula is C12H11N5O2S. The first kappa shape index (κ1) is 12.5. The lowest BCUT2D eigenvalue weighted by molar-refractivity contribution is -0.137. The van der Waals surface area contributed by atoms with E-state index in [0.717, 1.165) is 15.3 Å². The molecule has 3 aromatic rings. The van der Waals surface area contributed by atoms with E-state index in [1.807, 2.05) is 24.3 Å². The number of carboxylic acid groups (broad SMARTS) is 1. The van der Waals surface area contributed by atoms with Crippen LogP contribution in [0.1, 0.15) is 5.69 Å². The molecule has 0 fully saturated rings. The predicted molar refractivity (Wildman–Crippen MR) is 74.6 cm³/mol. The number of anilines is 1. The summed E-state index contributed by atoms with van der Waals surface area (Å²) in [5.41, 5.74) is 1.63. The van der Waals surface area contributed by atoms with Crippen molar-refractivity contribution in [2.24, 2.45) is 0 Å². The Morgan fingerprint density at radius 1 is 1.40 bits per heavy atom. The first-order chi connectivity index (χ1) is 9.70. The third-order valence-corrected chi connectivity index (χ3v) is 3.59. The van der Waals surface area contributed by atoms with Crippen LogP contribution in [-0.2, 0) is 17.9 Å². The molecule has 0 aliphatic heterocycles. The van der Waals surface area contributed by atoms with Gasteiger partial charge in [-0.3, -0.25) is 4.79 Å². The largest absolute Gasteiger partial charge is 0.480 e. The molecule has 3 rings (SSSR count). The summed E-state index contributed by atoms with van der Waals surface area (Å²) in [6.45, 7) is 0.271. The molecule has 20 heavy (non-hydrogen) atoms. The Kier molecular flexibility index (Phi) is 3.30. The molecule has 0 unspecified atom stereocenters. The number of para-hydroxylation sites is 1. The third kappa shape index (κ3) is 2.75. The van der Waals surface area contributed by atoms with Crippen molar-refractivity contribution >= 4 is 32.7 Å². The molecule has 0 bridgehead atoms. The molecule has 1 aromatic carbocycles. The highest BCUT2D eigenvalue weighted by atomic mass is 32.1. The van der Waals surface area contributed by atoms with Crippen molar-refractivity contribution in [1.82, 2.24) is 20.0 Å². The minimum atomic E-state index is -0.944. The SMILES string of the molecule is O=C(O)Cn1cc(CNc2nc3ccccc3s2)nn1. The van der Waals surface area contributed by atoms with Gasteiger partial charge in [0.25, 0.3) is 0 Å². The fraction of sp³-hybridized carbons (Fsp3) is 0.167. The summed E-state index contributed by atoms with van der Waals surface area (Å²) in [6, 6.07) is 7.90. The smallest absolute Gasteiger partial charge is 0.325 e. The lowest BCUT2D eigenvalue weighted by atomic mass is 10.3. The second-order valence-corrected chi connectivity index (χ2v) is 5.17. The quantitative estimate of drug-likeness (QED) is 0.741. The predicted octanol–water partition coefficient (Wildman–Crippen LogP) is 1.58. The second kappa shape index (κ2) is 5.25. The normalized spacial score (nSPS) is 10.8. The Labute approximate surface area is 117 Å². The van der Waals surface area contributed by atoms with Crippen LogP contribution in [0.25, 0.3) is 10.2 Å². The fourth-order valence-electron chi connectivity index (χ4n) is 1.75. The van der Waals surface area contributed by atoms with E-state index in [9.17, 15) is 4.79 Å². The van der Waals surface area contributed by atoms with Crippen molar-refractivity contribution in [2.75, 3.05) is 5.32 Å². The molecule has 0 aliphatic carbocycles. The van der Waals surface area contributed by atoms with Gasteiger partial charge in [0.05, 0.1) is 23.0 Å². The number of carboxylic acids is 1. The summed E-state index contributed by atoms with van der Waals surface area (Å²) in [5.74, 6) is -0.944. The zero-order chi connectivity index (χ0) is 13.9. The molecule has 0 radical (unpaired) electrons. The Hall–Kier alpha value is -2.48. The van der Waals surface area contributed by atoms with Crippen LogP contribution < -0.4 is 5.32 Å². The summed E-state index contributed by atoms with van der Waals surface area (Å²) in [6.07, 6.45) is 1.61. The van der Waals surface area contributed by atoms with E-state index in [1.165, 1.54) is 4.68 Å². The molecule has 0 saturated heterocycles. The number of hydrogen-bond donors (Lipinski definition) is 2. The van der Waals surface area contributed by atoms with Crippen LogP contribution in [0.2, 0.25) is 0 Å². The third-order valence-electron chi connectivity index (χ3n) is 2.60. The van der Waals surface area contributed by atoms with Crippen molar-refractivity contribution < 1.29 is 9.90 Å². The number of aromatic nitrogens is 4. The van der Waals surface area contributed by atoms with Crippen molar-refractivity contribution in [3.63, 3.8) is 0 Å². The van der Waals surface area contributed by atoms with E-state index in [1.54, 1.807) is 17.5 Å². The average molecular weight is 289 g/mol. The van der Waals surface area contributed by atoms with Crippen LogP contribution in [0.5, 0.6) is 0 Å². The minimum absolute atomic E-state index is 0.186. The number of rotatable bonds is 5. The summed E-state index contributed by atoms with van der Waals surface area (Å²) < 4.78 is 2.40. The van der Waals surface area contributed by atoms with E-state index in [-0.39, 0.29) is 6.54 Å². The van der Waals surface area contributed by atoms with Crippen molar-refractivity contribution in [2.45, 2.75) is 13.1 Å². The highest BCUT2D eigenvalue weighted by Gasteiger charge is 2.06. The number of benzene rings is 1. The van der Waals surface area contributed by atoms with Crippen molar-refractivity contribution in [1.29, 1.82) is 0 Å². The van der Waals surface area contributed by atoms with E-state index in [0.29, 0.717) is 12.2 Å². The topological polar surface area (TPSA) is 92.9 Å². The van der Waals surface area contributed by atoms with Crippen LogP contribution in [0.15, 0.2) is 30.5 Å². The number of aliphatic carboxylic acids is 1. The lowest BCUT2D eigenvalue weighted by Crippen LogP contribution is -2.09. The molecule has 0 spiro atoms. The Morgan fingerprint density at radius 3 is 3.05 bits per heavy atom.